The van der Waals surface area contributed by atoms with Crippen molar-refractivity contribution in [1.29, 1.82) is 0 Å². The normalized spacial score (nSPS) is 14.2. The first-order chi connectivity index (χ1) is 9.55. The van der Waals surface area contributed by atoms with E-state index in [1.165, 1.54) is 16.3 Å². The van der Waals surface area contributed by atoms with Crippen molar-refractivity contribution >= 4 is 16.3 Å². The van der Waals surface area contributed by atoms with Gasteiger partial charge in [-0.05, 0) is 34.6 Å². The standard InChI is InChI=1S/C19H18N/c1-19(2,3)16-9-10-17-15(13-16)11-12-20-18(17)14-7-5-4-6-8-14/h4-7,9-13H,1-3H3/q+1. The lowest BCUT2D eigenvalue weighted by atomic mass is 9.85. The Kier molecular flexibility index (Phi) is 3.00. The highest BCUT2D eigenvalue weighted by atomic mass is 14.7. The van der Waals surface area contributed by atoms with Crippen molar-refractivity contribution in [1.82, 2.24) is 4.98 Å². The van der Waals surface area contributed by atoms with E-state index in [4.69, 9.17) is 0 Å². The number of benzene rings is 1. The van der Waals surface area contributed by atoms with Crippen LogP contribution in [0.2, 0.25) is 0 Å². The summed E-state index contributed by atoms with van der Waals surface area (Å²) in [5.41, 5.74) is 3.56. The molecule has 0 N–H and O–H groups in total. The van der Waals surface area contributed by atoms with Gasteiger partial charge < -0.3 is 0 Å². The maximum Gasteiger partial charge on any atom is 0.174 e. The number of hydrogen-bond donors (Lipinski definition) is 0. The molecule has 0 radical (unpaired) electrons. The molecule has 1 aliphatic rings. The molecule has 1 aromatic heterocycles. The van der Waals surface area contributed by atoms with Crippen LogP contribution in [0.3, 0.4) is 0 Å². The first-order valence-electron chi connectivity index (χ1n) is 6.92. The first-order valence-corrected chi connectivity index (χ1v) is 6.92. The minimum absolute atomic E-state index is 0.163. The van der Waals surface area contributed by atoms with Gasteiger partial charge in [0.25, 0.3) is 0 Å². The molecule has 2 aromatic rings. The van der Waals surface area contributed by atoms with Crippen LogP contribution in [0.5, 0.6) is 0 Å². The van der Waals surface area contributed by atoms with E-state index in [9.17, 15) is 0 Å². The Hall–Kier alpha value is -2.24. The van der Waals surface area contributed by atoms with Crippen LogP contribution in [-0.4, -0.2) is 4.98 Å². The molecule has 1 heteroatoms. The molecule has 1 heterocycles. The van der Waals surface area contributed by atoms with Crippen molar-refractivity contribution < 1.29 is 0 Å². The molecule has 0 unspecified atom stereocenters. The fourth-order valence-corrected chi connectivity index (χ4v) is 2.40. The van der Waals surface area contributed by atoms with Crippen molar-refractivity contribution in [2.45, 2.75) is 26.2 Å². The lowest BCUT2D eigenvalue weighted by molar-refractivity contribution is 0.591. The Balaban J connectivity index is 2.19. The van der Waals surface area contributed by atoms with E-state index >= 15 is 0 Å². The maximum absolute atomic E-state index is 4.54. The highest BCUT2D eigenvalue weighted by Crippen LogP contribution is 2.29. The van der Waals surface area contributed by atoms with Crippen LogP contribution in [0.4, 0.5) is 0 Å². The fourth-order valence-electron chi connectivity index (χ4n) is 2.40. The Morgan fingerprint density at radius 1 is 1.05 bits per heavy atom. The van der Waals surface area contributed by atoms with E-state index < -0.39 is 0 Å². The molecule has 0 saturated heterocycles. The van der Waals surface area contributed by atoms with E-state index in [0.717, 1.165) is 11.3 Å². The number of fused-ring (bicyclic) bond motifs is 1. The maximum atomic E-state index is 4.54. The van der Waals surface area contributed by atoms with E-state index in [2.05, 4.69) is 62.2 Å². The summed E-state index contributed by atoms with van der Waals surface area (Å²) in [6.45, 7) is 6.71. The van der Waals surface area contributed by atoms with Crippen molar-refractivity contribution in [3.05, 3.63) is 72.1 Å². The van der Waals surface area contributed by atoms with Crippen molar-refractivity contribution in [2.24, 2.45) is 0 Å². The molecule has 0 amide bonds. The van der Waals surface area contributed by atoms with E-state index in [1.54, 1.807) is 0 Å². The molecule has 0 fully saturated rings. The molecule has 98 valence electrons. The number of pyridine rings is 1. The van der Waals surface area contributed by atoms with Gasteiger partial charge in [-0.3, -0.25) is 0 Å². The summed E-state index contributed by atoms with van der Waals surface area (Å²) < 4.78 is 0. The largest absolute Gasteiger partial charge is 0.205 e. The lowest BCUT2D eigenvalue weighted by Gasteiger charge is -2.19. The highest BCUT2D eigenvalue weighted by molar-refractivity contribution is 5.94. The molecular formula is C19H18N+. The summed E-state index contributed by atoms with van der Waals surface area (Å²) in [6, 6.07) is 8.73. The molecule has 20 heavy (non-hydrogen) atoms. The average Bonchev–Trinajstić information content (AvgIpc) is 2.46. The summed E-state index contributed by atoms with van der Waals surface area (Å²) in [7, 11) is 0. The number of aromatic nitrogens is 1. The SMILES string of the molecule is CC(C)(C)c1ccc2c(C3=CC=CC=[C+]3)nccc2c1. The summed E-state index contributed by atoms with van der Waals surface area (Å²) in [4.78, 5) is 4.54. The molecule has 1 aliphatic carbocycles. The second kappa shape index (κ2) is 4.70. The van der Waals surface area contributed by atoms with Gasteiger partial charge in [-0.25, -0.2) is 4.98 Å². The third kappa shape index (κ3) is 2.29. The number of hydrogen-bond acceptors (Lipinski definition) is 1. The smallest absolute Gasteiger partial charge is 0.174 e. The van der Waals surface area contributed by atoms with Crippen molar-refractivity contribution in [3.63, 3.8) is 0 Å². The Morgan fingerprint density at radius 3 is 2.60 bits per heavy atom. The summed E-state index contributed by atoms with van der Waals surface area (Å²) in [6.07, 6.45) is 13.1. The predicted octanol–water partition coefficient (Wildman–Crippen LogP) is 4.84. The van der Waals surface area contributed by atoms with Gasteiger partial charge in [-0.15, -0.1) is 0 Å². The van der Waals surface area contributed by atoms with Gasteiger partial charge in [0.2, 0.25) is 0 Å². The van der Waals surface area contributed by atoms with Crippen molar-refractivity contribution in [2.75, 3.05) is 0 Å². The number of rotatable bonds is 1. The fraction of sp³-hybridized carbons (Fsp3) is 0.211. The van der Waals surface area contributed by atoms with Gasteiger partial charge >= 0.3 is 0 Å². The molecule has 3 rings (SSSR count). The van der Waals surface area contributed by atoms with Crippen LogP contribution < -0.4 is 0 Å². The molecular weight excluding hydrogens is 242 g/mol. The molecule has 0 bridgehead atoms. The molecule has 0 aliphatic heterocycles. The third-order valence-electron chi connectivity index (χ3n) is 3.59. The van der Waals surface area contributed by atoms with Gasteiger partial charge in [0.05, 0.1) is 11.5 Å². The monoisotopic (exact) mass is 260 g/mol. The summed E-state index contributed by atoms with van der Waals surface area (Å²) in [5, 5.41) is 2.42. The van der Waals surface area contributed by atoms with E-state index in [0.29, 0.717) is 0 Å². The van der Waals surface area contributed by atoms with Crippen LogP contribution >= 0.6 is 0 Å². The minimum atomic E-state index is 0.163. The number of allylic oxidation sites excluding steroid dienone is 6. The van der Waals surface area contributed by atoms with Crippen LogP contribution in [0.25, 0.3) is 16.3 Å². The van der Waals surface area contributed by atoms with Crippen molar-refractivity contribution in [3.8, 4) is 0 Å². The zero-order valence-electron chi connectivity index (χ0n) is 12.1. The average molecular weight is 260 g/mol. The second-order valence-electron chi connectivity index (χ2n) is 6.12. The van der Waals surface area contributed by atoms with Gasteiger partial charge in [-0.2, -0.15) is 0 Å². The van der Waals surface area contributed by atoms with Crippen LogP contribution in [-0.2, 0) is 5.41 Å². The Morgan fingerprint density at radius 2 is 1.90 bits per heavy atom. The van der Waals surface area contributed by atoms with Gasteiger partial charge in [0.1, 0.15) is 0 Å². The Labute approximate surface area is 120 Å². The van der Waals surface area contributed by atoms with Crippen LogP contribution in [0.1, 0.15) is 32.0 Å². The quantitative estimate of drug-likeness (QED) is 0.668. The summed E-state index contributed by atoms with van der Waals surface area (Å²) in [5.74, 6) is 0. The zero-order chi connectivity index (χ0) is 14.2. The predicted molar refractivity (Wildman–Crippen MR) is 85.4 cm³/mol. The van der Waals surface area contributed by atoms with Gasteiger partial charge in [0.15, 0.2) is 11.3 Å². The van der Waals surface area contributed by atoms with Crippen LogP contribution in [0.15, 0.2) is 54.8 Å². The third-order valence-corrected chi connectivity index (χ3v) is 3.59. The molecule has 0 spiro atoms. The second-order valence-corrected chi connectivity index (χ2v) is 6.12. The van der Waals surface area contributed by atoms with Gasteiger partial charge in [-0.1, -0.05) is 26.8 Å². The minimum Gasteiger partial charge on any atom is -0.205 e. The molecule has 0 saturated carbocycles. The zero-order valence-corrected chi connectivity index (χ0v) is 12.1. The van der Waals surface area contributed by atoms with Gasteiger partial charge in [0, 0.05) is 30.5 Å². The molecule has 1 aromatic carbocycles. The van der Waals surface area contributed by atoms with E-state index in [-0.39, 0.29) is 5.41 Å². The lowest BCUT2D eigenvalue weighted by Crippen LogP contribution is -2.10. The molecule has 1 nitrogen and oxygen atoms in total. The van der Waals surface area contributed by atoms with Crippen LogP contribution in [0, 0.1) is 6.08 Å². The Bertz CT molecular complexity index is 740. The molecule has 0 atom stereocenters. The summed E-state index contributed by atoms with van der Waals surface area (Å²) >= 11 is 0. The highest BCUT2D eigenvalue weighted by Gasteiger charge is 2.17. The topological polar surface area (TPSA) is 12.9 Å². The first kappa shape index (κ1) is 12.8. The number of nitrogens with zero attached hydrogens (tertiary/aromatic N) is 1. The van der Waals surface area contributed by atoms with E-state index in [1.807, 2.05) is 24.4 Å².